The van der Waals surface area contributed by atoms with E-state index in [1.165, 1.54) is 16.8 Å². The quantitative estimate of drug-likeness (QED) is 0.449. The maximum absolute atomic E-state index is 13.0. The summed E-state index contributed by atoms with van der Waals surface area (Å²) < 4.78 is 8.29. The predicted octanol–water partition coefficient (Wildman–Crippen LogP) is 3.06. The molecule has 164 valence electrons. The van der Waals surface area contributed by atoms with E-state index < -0.39 is 0 Å². The Morgan fingerprint density at radius 3 is 2.59 bits per heavy atom. The van der Waals surface area contributed by atoms with Gasteiger partial charge in [-0.25, -0.2) is 9.67 Å². The van der Waals surface area contributed by atoms with Crippen LogP contribution in [0.1, 0.15) is 29.0 Å². The fraction of sp³-hybridized carbons (Fsp3) is 0.250. The van der Waals surface area contributed by atoms with E-state index in [0.717, 1.165) is 22.3 Å². The highest BCUT2D eigenvalue weighted by molar-refractivity contribution is 5.92. The van der Waals surface area contributed by atoms with Crippen LogP contribution < -0.4 is 5.56 Å². The van der Waals surface area contributed by atoms with Gasteiger partial charge in [0.05, 0.1) is 30.2 Å². The molecule has 2 aromatic heterocycles. The lowest BCUT2D eigenvalue weighted by Crippen LogP contribution is -2.33. The minimum Gasteiger partial charge on any atom is -0.383 e. The third kappa shape index (κ3) is 4.17. The van der Waals surface area contributed by atoms with E-state index in [1.807, 2.05) is 66.3 Å². The van der Waals surface area contributed by atoms with E-state index in [0.29, 0.717) is 13.2 Å². The maximum atomic E-state index is 13.0. The molecule has 1 atom stereocenters. The zero-order valence-electron chi connectivity index (χ0n) is 18.3. The van der Waals surface area contributed by atoms with E-state index in [2.05, 4.69) is 10.1 Å². The molecule has 2 aromatic carbocycles. The number of hydrogen-bond donors (Lipinski definition) is 0. The second kappa shape index (κ2) is 9.15. The number of para-hydroxylation sites is 2. The molecule has 2 heterocycles. The number of rotatable bonds is 7. The van der Waals surface area contributed by atoms with Gasteiger partial charge >= 0.3 is 0 Å². The van der Waals surface area contributed by atoms with Crippen molar-refractivity contribution in [3.63, 3.8) is 0 Å². The summed E-state index contributed by atoms with van der Waals surface area (Å²) >= 11 is 0. The molecule has 0 aliphatic rings. The number of imidazole rings is 1. The number of carbonyl (C=O) groups excluding carboxylic acids is 1. The van der Waals surface area contributed by atoms with Gasteiger partial charge < -0.3 is 9.64 Å². The molecule has 0 saturated heterocycles. The Morgan fingerprint density at radius 1 is 1.09 bits per heavy atom. The van der Waals surface area contributed by atoms with E-state index in [9.17, 15) is 9.59 Å². The standard InChI is InChI=1S/C24H25N5O3/c1-17(27(2)24(31)21-12-13-23(30)29(26-21)14-15-32-3)18-8-10-19(11-9-18)28-16-25-20-6-4-5-7-22(20)28/h4-13,16-17H,14-15H2,1-3H3. The number of fused-ring (bicyclic) bond motifs is 1. The number of nitrogens with zero attached hydrogens (tertiary/aromatic N) is 5. The molecule has 0 fully saturated rings. The van der Waals surface area contributed by atoms with Gasteiger partial charge in [-0.3, -0.25) is 14.2 Å². The first-order chi connectivity index (χ1) is 15.5. The van der Waals surface area contributed by atoms with Gasteiger partial charge in [0.2, 0.25) is 0 Å². The largest absolute Gasteiger partial charge is 0.383 e. The Labute approximate surface area is 185 Å². The van der Waals surface area contributed by atoms with Crippen molar-refractivity contribution >= 4 is 16.9 Å². The Bertz CT molecular complexity index is 1290. The van der Waals surface area contributed by atoms with Crippen molar-refractivity contribution in [3.8, 4) is 5.69 Å². The van der Waals surface area contributed by atoms with Crippen molar-refractivity contribution in [2.75, 3.05) is 20.8 Å². The van der Waals surface area contributed by atoms with E-state index in [4.69, 9.17) is 4.74 Å². The highest BCUT2D eigenvalue weighted by Crippen LogP contribution is 2.23. The molecule has 0 aliphatic heterocycles. The molecule has 0 saturated carbocycles. The summed E-state index contributed by atoms with van der Waals surface area (Å²) in [6, 6.07) is 18.7. The van der Waals surface area contributed by atoms with Gasteiger partial charge in [0.1, 0.15) is 12.0 Å². The SMILES string of the molecule is COCCn1nc(C(=O)N(C)C(C)c2ccc(-n3cnc4ccccc43)cc2)ccc1=O. The normalized spacial score (nSPS) is 12.1. The molecule has 1 unspecified atom stereocenters. The number of hydrogen-bond acceptors (Lipinski definition) is 5. The summed E-state index contributed by atoms with van der Waals surface area (Å²) in [4.78, 5) is 31.0. The summed E-state index contributed by atoms with van der Waals surface area (Å²) in [5.74, 6) is -0.256. The summed E-state index contributed by atoms with van der Waals surface area (Å²) in [5.41, 5.74) is 3.91. The molecule has 1 amide bonds. The molecular weight excluding hydrogens is 406 g/mol. The molecule has 32 heavy (non-hydrogen) atoms. The first-order valence-corrected chi connectivity index (χ1v) is 10.4. The predicted molar refractivity (Wildman–Crippen MR) is 122 cm³/mol. The topological polar surface area (TPSA) is 82.2 Å². The zero-order chi connectivity index (χ0) is 22.7. The van der Waals surface area contributed by atoms with Crippen molar-refractivity contribution in [2.24, 2.45) is 0 Å². The number of amides is 1. The molecule has 0 radical (unpaired) electrons. The smallest absolute Gasteiger partial charge is 0.274 e. The maximum Gasteiger partial charge on any atom is 0.274 e. The molecule has 4 aromatic rings. The minimum absolute atomic E-state index is 0.183. The molecule has 8 nitrogen and oxygen atoms in total. The molecule has 4 rings (SSSR count). The lowest BCUT2D eigenvalue weighted by atomic mass is 10.1. The second-order valence-corrected chi connectivity index (χ2v) is 7.56. The van der Waals surface area contributed by atoms with Crippen LogP contribution in [0.25, 0.3) is 16.7 Å². The average molecular weight is 431 g/mol. The van der Waals surface area contributed by atoms with Gasteiger partial charge in [0, 0.05) is 25.9 Å². The molecule has 0 N–H and O–H groups in total. The number of methoxy groups -OCH3 is 1. The molecule has 0 aliphatic carbocycles. The third-order valence-electron chi connectivity index (χ3n) is 5.60. The van der Waals surface area contributed by atoms with Crippen LogP contribution in [0.15, 0.2) is 71.8 Å². The van der Waals surface area contributed by atoms with Gasteiger partial charge in [-0.05, 0) is 42.8 Å². The van der Waals surface area contributed by atoms with E-state index in [1.54, 1.807) is 19.1 Å². The number of benzene rings is 2. The van der Waals surface area contributed by atoms with Crippen molar-refractivity contribution in [1.29, 1.82) is 0 Å². The second-order valence-electron chi connectivity index (χ2n) is 7.56. The molecular formula is C24H25N5O3. The Hall–Kier alpha value is -3.78. The van der Waals surface area contributed by atoms with Gasteiger partial charge in [-0.15, -0.1) is 0 Å². The fourth-order valence-corrected chi connectivity index (χ4v) is 3.56. The van der Waals surface area contributed by atoms with E-state index in [-0.39, 0.29) is 23.2 Å². The number of aromatic nitrogens is 4. The average Bonchev–Trinajstić information content (AvgIpc) is 3.26. The van der Waals surface area contributed by atoms with Gasteiger partial charge in [-0.2, -0.15) is 5.10 Å². The van der Waals surface area contributed by atoms with Crippen molar-refractivity contribution in [3.05, 3.63) is 88.6 Å². The van der Waals surface area contributed by atoms with Crippen molar-refractivity contribution < 1.29 is 9.53 Å². The van der Waals surface area contributed by atoms with Gasteiger partial charge in [-0.1, -0.05) is 24.3 Å². The van der Waals surface area contributed by atoms with Gasteiger partial charge in [0.15, 0.2) is 0 Å². The molecule has 0 spiro atoms. The van der Waals surface area contributed by atoms with Crippen LogP contribution in [0.4, 0.5) is 0 Å². The van der Waals surface area contributed by atoms with Crippen molar-refractivity contribution in [2.45, 2.75) is 19.5 Å². The monoisotopic (exact) mass is 431 g/mol. The van der Waals surface area contributed by atoms with Crippen molar-refractivity contribution in [1.82, 2.24) is 24.2 Å². The third-order valence-corrected chi connectivity index (χ3v) is 5.60. The van der Waals surface area contributed by atoms with Crippen LogP contribution in [-0.2, 0) is 11.3 Å². The van der Waals surface area contributed by atoms with Crippen LogP contribution >= 0.6 is 0 Å². The zero-order valence-corrected chi connectivity index (χ0v) is 18.3. The lowest BCUT2D eigenvalue weighted by molar-refractivity contribution is 0.0733. The first-order valence-electron chi connectivity index (χ1n) is 10.4. The Balaban J connectivity index is 1.53. The summed E-state index contributed by atoms with van der Waals surface area (Å²) in [7, 11) is 3.28. The molecule has 0 bridgehead atoms. The first kappa shape index (κ1) is 21.5. The van der Waals surface area contributed by atoms with Crippen LogP contribution in [0.2, 0.25) is 0 Å². The van der Waals surface area contributed by atoms with Crippen LogP contribution in [-0.4, -0.2) is 50.9 Å². The lowest BCUT2D eigenvalue weighted by Gasteiger charge is -2.25. The van der Waals surface area contributed by atoms with Crippen LogP contribution in [0.3, 0.4) is 0 Å². The Morgan fingerprint density at radius 2 is 1.84 bits per heavy atom. The minimum atomic E-state index is -0.267. The van der Waals surface area contributed by atoms with Crippen LogP contribution in [0.5, 0.6) is 0 Å². The van der Waals surface area contributed by atoms with Gasteiger partial charge in [0.25, 0.3) is 11.5 Å². The number of carbonyl (C=O) groups is 1. The number of ether oxygens (including phenoxy) is 1. The highest BCUT2D eigenvalue weighted by Gasteiger charge is 2.21. The summed E-state index contributed by atoms with van der Waals surface area (Å²) in [5, 5.41) is 4.21. The Kier molecular flexibility index (Phi) is 6.13. The summed E-state index contributed by atoms with van der Waals surface area (Å²) in [6.45, 7) is 2.59. The fourth-order valence-electron chi connectivity index (χ4n) is 3.56. The molecule has 8 heteroatoms. The van der Waals surface area contributed by atoms with Crippen LogP contribution in [0, 0.1) is 0 Å². The summed E-state index contributed by atoms with van der Waals surface area (Å²) in [6.07, 6.45) is 1.81. The highest BCUT2D eigenvalue weighted by atomic mass is 16.5. The van der Waals surface area contributed by atoms with E-state index >= 15 is 0 Å².